The predicted octanol–water partition coefficient (Wildman–Crippen LogP) is 2.44. The first-order valence-corrected chi connectivity index (χ1v) is 4.73. The summed E-state index contributed by atoms with van der Waals surface area (Å²) >= 11 is 0. The van der Waals surface area contributed by atoms with Gasteiger partial charge < -0.3 is 0 Å². The van der Waals surface area contributed by atoms with Crippen molar-refractivity contribution in [3.8, 4) is 0 Å². The second-order valence-corrected chi connectivity index (χ2v) is 3.34. The molecule has 1 nitrogen and oxygen atoms in total. The van der Waals surface area contributed by atoms with Crippen molar-refractivity contribution in [2.75, 3.05) is 13.1 Å². The second-order valence-electron chi connectivity index (χ2n) is 3.34. The topological polar surface area (TPSA) is 3.24 Å². The van der Waals surface area contributed by atoms with E-state index >= 15 is 0 Å². The van der Waals surface area contributed by atoms with Crippen LogP contribution in [0.25, 0.3) is 0 Å². The van der Waals surface area contributed by atoms with Gasteiger partial charge in [0.25, 0.3) is 0 Å². The first kappa shape index (κ1) is 8.79. The summed E-state index contributed by atoms with van der Waals surface area (Å²) in [5.41, 5.74) is 0. The minimum absolute atomic E-state index is 0.835. The highest BCUT2D eigenvalue weighted by Crippen LogP contribution is 2.18. The lowest BCUT2D eigenvalue weighted by atomic mass is 10.0. The van der Waals surface area contributed by atoms with Crippen molar-refractivity contribution in [3.63, 3.8) is 0 Å². The molecule has 1 unspecified atom stereocenters. The molecule has 0 N–H and O–H groups in total. The average Bonchev–Trinajstić information content (AvgIpc) is 2.06. The molecule has 1 saturated heterocycles. The van der Waals surface area contributed by atoms with E-state index in [-0.39, 0.29) is 0 Å². The fourth-order valence-corrected chi connectivity index (χ4v) is 1.93. The molecule has 64 valence electrons. The summed E-state index contributed by atoms with van der Waals surface area (Å²) in [6.07, 6.45) is 7.52. The highest BCUT2D eigenvalue weighted by atomic mass is 15.2. The van der Waals surface area contributed by atoms with Crippen LogP contribution in [0.15, 0.2) is 12.7 Å². The molecular weight excluding hydrogens is 134 g/mol. The van der Waals surface area contributed by atoms with Crippen molar-refractivity contribution < 1.29 is 0 Å². The Morgan fingerprint density at radius 1 is 1.55 bits per heavy atom. The van der Waals surface area contributed by atoms with Crippen LogP contribution in [0.5, 0.6) is 0 Å². The number of hydrogen-bond donors (Lipinski definition) is 0. The third-order valence-corrected chi connectivity index (χ3v) is 2.58. The standard InChI is InChI=1S/C10H19N/c1-3-8-11-9-6-5-7-10(11)4-2/h3,10H,1,4-9H2,2H3. The van der Waals surface area contributed by atoms with Crippen LogP contribution in [0.3, 0.4) is 0 Å². The van der Waals surface area contributed by atoms with Gasteiger partial charge in [-0.2, -0.15) is 0 Å². The zero-order valence-electron chi connectivity index (χ0n) is 7.55. The fraction of sp³-hybridized carbons (Fsp3) is 0.800. The molecule has 0 spiro atoms. The molecule has 0 saturated carbocycles. The van der Waals surface area contributed by atoms with Crippen LogP contribution >= 0.6 is 0 Å². The molecule has 0 aromatic carbocycles. The van der Waals surface area contributed by atoms with E-state index in [0.29, 0.717) is 0 Å². The zero-order valence-corrected chi connectivity index (χ0v) is 7.55. The van der Waals surface area contributed by atoms with Gasteiger partial charge in [-0.05, 0) is 25.8 Å². The van der Waals surface area contributed by atoms with Crippen molar-refractivity contribution in [1.82, 2.24) is 4.90 Å². The lowest BCUT2D eigenvalue weighted by Crippen LogP contribution is -2.38. The van der Waals surface area contributed by atoms with E-state index in [2.05, 4.69) is 18.4 Å². The molecule has 1 heteroatoms. The summed E-state index contributed by atoms with van der Waals surface area (Å²) < 4.78 is 0. The normalized spacial score (nSPS) is 26.8. The van der Waals surface area contributed by atoms with E-state index in [1.165, 1.54) is 32.2 Å². The average molecular weight is 153 g/mol. The molecule has 0 amide bonds. The Kier molecular flexibility index (Phi) is 3.64. The molecular formula is C10H19N. The van der Waals surface area contributed by atoms with E-state index in [1.54, 1.807) is 0 Å². The van der Waals surface area contributed by atoms with Crippen LogP contribution in [0.2, 0.25) is 0 Å². The van der Waals surface area contributed by atoms with Crippen LogP contribution in [-0.2, 0) is 0 Å². The van der Waals surface area contributed by atoms with Gasteiger partial charge >= 0.3 is 0 Å². The molecule has 1 fully saturated rings. The number of piperidine rings is 1. The lowest BCUT2D eigenvalue weighted by Gasteiger charge is -2.34. The maximum Gasteiger partial charge on any atom is 0.0163 e. The van der Waals surface area contributed by atoms with Crippen molar-refractivity contribution >= 4 is 0 Å². The summed E-state index contributed by atoms with van der Waals surface area (Å²) in [4.78, 5) is 2.55. The molecule has 11 heavy (non-hydrogen) atoms. The lowest BCUT2D eigenvalue weighted by molar-refractivity contribution is 0.161. The van der Waals surface area contributed by atoms with Crippen molar-refractivity contribution in [1.29, 1.82) is 0 Å². The Bertz CT molecular complexity index is 120. The monoisotopic (exact) mass is 153 g/mol. The van der Waals surface area contributed by atoms with E-state index in [1.807, 2.05) is 6.08 Å². The van der Waals surface area contributed by atoms with Gasteiger partial charge in [0.05, 0.1) is 0 Å². The SMILES string of the molecule is C=CCN1CCCCC1CC. The molecule has 1 rings (SSSR count). The first-order chi connectivity index (χ1) is 5.38. The Morgan fingerprint density at radius 2 is 2.36 bits per heavy atom. The number of rotatable bonds is 3. The Morgan fingerprint density at radius 3 is 3.00 bits per heavy atom. The molecule has 1 atom stereocenters. The minimum Gasteiger partial charge on any atom is -0.297 e. The highest BCUT2D eigenvalue weighted by molar-refractivity contribution is 4.81. The van der Waals surface area contributed by atoms with Gasteiger partial charge in [-0.1, -0.05) is 19.4 Å². The van der Waals surface area contributed by atoms with E-state index in [0.717, 1.165) is 12.6 Å². The molecule has 1 aliphatic rings. The summed E-state index contributed by atoms with van der Waals surface area (Å²) in [6.45, 7) is 8.43. The summed E-state index contributed by atoms with van der Waals surface area (Å²) in [5.74, 6) is 0. The Labute approximate surface area is 70.1 Å². The molecule has 0 aromatic rings. The molecule has 0 aliphatic carbocycles. The maximum absolute atomic E-state index is 3.78. The molecule has 1 aliphatic heterocycles. The van der Waals surface area contributed by atoms with Gasteiger partial charge in [0.2, 0.25) is 0 Å². The van der Waals surface area contributed by atoms with E-state index in [4.69, 9.17) is 0 Å². The first-order valence-electron chi connectivity index (χ1n) is 4.73. The number of nitrogens with zero attached hydrogens (tertiary/aromatic N) is 1. The van der Waals surface area contributed by atoms with Crippen LogP contribution in [0.4, 0.5) is 0 Å². The van der Waals surface area contributed by atoms with Gasteiger partial charge in [-0.3, -0.25) is 4.90 Å². The second kappa shape index (κ2) is 4.55. The zero-order chi connectivity index (χ0) is 8.10. The van der Waals surface area contributed by atoms with Crippen molar-refractivity contribution in [2.45, 2.75) is 38.6 Å². The van der Waals surface area contributed by atoms with Gasteiger partial charge in [0.1, 0.15) is 0 Å². The minimum atomic E-state index is 0.835. The van der Waals surface area contributed by atoms with Gasteiger partial charge in [0, 0.05) is 12.6 Å². The van der Waals surface area contributed by atoms with Gasteiger partial charge in [0.15, 0.2) is 0 Å². The predicted molar refractivity (Wildman–Crippen MR) is 49.7 cm³/mol. The van der Waals surface area contributed by atoms with Gasteiger partial charge in [-0.15, -0.1) is 6.58 Å². The smallest absolute Gasteiger partial charge is 0.0163 e. The Hall–Kier alpha value is -0.300. The third-order valence-electron chi connectivity index (χ3n) is 2.58. The highest BCUT2D eigenvalue weighted by Gasteiger charge is 2.18. The van der Waals surface area contributed by atoms with Crippen LogP contribution in [0, 0.1) is 0 Å². The summed E-state index contributed by atoms with van der Waals surface area (Å²) in [7, 11) is 0. The Balaban J connectivity index is 2.37. The van der Waals surface area contributed by atoms with E-state index in [9.17, 15) is 0 Å². The van der Waals surface area contributed by atoms with Crippen LogP contribution in [-0.4, -0.2) is 24.0 Å². The number of hydrogen-bond acceptors (Lipinski definition) is 1. The fourth-order valence-electron chi connectivity index (χ4n) is 1.93. The maximum atomic E-state index is 3.78. The number of likely N-dealkylation sites (tertiary alicyclic amines) is 1. The summed E-state index contributed by atoms with van der Waals surface area (Å²) in [6, 6.07) is 0.835. The van der Waals surface area contributed by atoms with Crippen LogP contribution < -0.4 is 0 Å². The molecule has 0 bridgehead atoms. The third kappa shape index (κ3) is 2.33. The molecule has 1 heterocycles. The van der Waals surface area contributed by atoms with E-state index < -0.39 is 0 Å². The quantitative estimate of drug-likeness (QED) is 0.563. The van der Waals surface area contributed by atoms with Crippen molar-refractivity contribution in [3.05, 3.63) is 12.7 Å². The van der Waals surface area contributed by atoms with Gasteiger partial charge in [-0.25, -0.2) is 0 Å². The summed E-state index contributed by atoms with van der Waals surface area (Å²) in [5, 5.41) is 0. The molecule has 0 aromatic heterocycles. The molecule has 0 radical (unpaired) electrons. The van der Waals surface area contributed by atoms with Crippen LogP contribution in [0.1, 0.15) is 32.6 Å². The largest absolute Gasteiger partial charge is 0.297 e. The van der Waals surface area contributed by atoms with Crippen molar-refractivity contribution in [2.24, 2.45) is 0 Å².